The van der Waals surface area contributed by atoms with E-state index < -0.39 is 8.07 Å². The number of aryl methyl sites for hydroxylation is 1. The van der Waals surface area contributed by atoms with Crippen LogP contribution in [0.2, 0.25) is 25.7 Å². The highest BCUT2D eigenvalue weighted by atomic mass is 28.3. The molecule has 12 nitrogen and oxygen atoms in total. The molecule has 2 fully saturated rings. The van der Waals surface area contributed by atoms with E-state index in [9.17, 15) is 5.11 Å². The molecular weight excluding hydrogens is 639 g/mol. The molecule has 3 atom stereocenters. The van der Waals surface area contributed by atoms with Crippen molar-refractivity contribution >= 4 is 31.1 Å². The third-order valence-corrected chi connectivity index (χ3v) is 11.7. The number of aliphatic hydroxyl groups is 1. The topological polar surface area (TPSA) is 114 Å². The minimum atomic E-state index is -1.23. The second kappa shape index (κ2) is 14.4. The lowest BCUT2D eigenvalue weighted by Gasteiger charge is -2.30. The van der Waals surface area contributed by atoms with Gasteiger partial charge in [-0.1, -0.05) is 25.7 Å². The second-order valence-electron chi connectivity index (χ2n) is 14.8. The van der Waals surface area contributed by atoms with Gasteiger partial charge in [0.25, 0.3) is 0 Å². The molecule has 0 amide bonds. The molecule has 3 aliphatic heterocycles. The van der Waals surface area contributed by atoms with Gasteiger partial charge in [0, 0.05) is 46.3 Å². The first kappa shape index (κ1) is 34.0. The molecule has 0 radical (unpaired) electrons. The smallest absolute Gasteiger partial charge is 0.242 e. The number of ether oxygens (including phenoxy) is 4. The first-order valence-electron chi connectivity index (χ1n) is 17.9. The Morgan fingerprint density at radius 3 is 2.76 bits per heavy atom. The van der Waals surface area contributed by atoms with Gasteiger partial charge < -0.3 is 24.1 Å². The lowest BCUT2D eigenvalue weighted by Crippen LogP contribution is -2.41. The zero-order valence-corrected chi connectivity index (χ0v) is 30.6. The van der Waals surface area contributed by atoms with Gasteiger partial charge in [0.15, 0.2) is 13.0 Å². The Morgan fingerprint density at radius 2 is 1.96 bits per heavy atom. The van der Waals surface area contributed by atoms with Gasteiger partial charge in [0.05, 0.1) is 47.4 Å². The van der Waals surface area contributed by atoms with E-state index in [0.717, 1.165) is 96.2 Å². The van der Waals surface area contributed by atoms with Gasteiger partial charge >= 0.3 is 0 Å². The minimum Gasteiger partial charge on any atom is -0.473 e. The molecule has 6 heterocycles. The van der Waals surface area contributed by atoms with E-state index in [1.54, 1.807) is 0 Å². The van der Waals surface area contributed by atoms with Crippen molar-refractivity contribution in [3.63, 3.8) is 0 Å². The minimum absolute atomic E-state index is 0.0323. The number of hydrogen-bond acceptors (Lipinski definition) is 9. The van der Waals surface area contributed by atoms with Crippen molar-refractivity contribution in [1.29, 1.82) is 0 Å². The first-order valence-corrected chi connectivity index (χ1v) is 21.6. The Balaban J connectivity index is 1.35. The lowest BCUT2D eigenvalue weighted by molar-refractivity contribution is -0.0367. The maximum Gasteiger partial charge on any atom is 0.242 e. The van der Waals surface area contributed by atoms with Gasteiger partial charge in [-0.2, -0.15) is 10.2 Å². The molecule has 2 bridgehead atoms. The third kappa shape index (κ3) is 7.22. The molecule has 0 spiro atoms. The normalized spacial score (nSPS) is 22.3. The highest BCUT2D eigenvalue weighted by molar-refractivity contribution is 6.76. The van der Waals surface area contributed by atoms with Gasteiger partial charge in [-0.15, -0.1) is 5.10 Å². The second-order valence-corrected chi connectivity index (χ2v) is 20.4. The molecule has 3 aromatic heterocycles. The number of benzene rings is 1. The number of fused-ring (bicyclic) bond motifs is 5. The Kier molecular flexibility index (Phi) is 9.98. The summed E-state index contributed by atoms with van der Waals surface area (Å²) in [5.74, 6) is 1.25. The number of rotatable bonds is 9. The Morgan fingerprint density at radius 1 is 1.08 bits per heavy atom. The molecule has 49 heavy (non-hydrogen) atoms. The maximum absolute atomic E-state index is 10.1. The molecule has 1 aromatic carbocycles. The molecular formula is C36H51N7O5Si. The first-order chi connectivity index (χ1) is 23.7. The van der Waals surface area contributed by atoms with Crippen LogP contribution in [0.3, 0.4) is 0 Å². The molecule has 7 rings (SSSR count). The molecule has 4 aromatic rings. The molecule has 13 heteroatoms. The summed E-state index contributed by atoms with van der Waals surface area (Å²) in [4.78, 5) is 2.48. The van der Waals surface area contributed by atoms with Gasteiger partial charge in [-0.05, 0) is 81.5 Å². The van der Waals surface area contributed by atoms with Crippen molar-refractivity contribution in [2.24, 2.45) is 7.05 Å². The van der Waals surface area contributed by atoms with Gasteiger partial charge in [0.1, 0.15) is 6.10 Å². The summed E-state index contributed by atoms with van der Waals surface area (Å²) in [6.45, 7) is 12.6. The summed E-state index contributed by atoms with van der Waals surface area (Å²) >= 11 is 0. The summed E-state index contributed by atoms with van der Waals surface area (Å²) in [6, 6.07) is 7.72. The van der Waals surface area contributed by atoms with Crippen molar-refractivity contribution < 1.29 is 24.1 Å². The molecule has 2 unspecified atom stereocenters. The van der Waals surface area contributed by atoms with Gasteiger partial charge in [0.2, 0.25) is 11.8 Å². The van der Waals surface area contributed by atoms with Crippen molar-refractivity contribution in [3.05, 3.63) is 41.3 Å². The van der Waals surface area contributed by atoms with E-state index in [1.165, 1.54) is 0 Å². The highest BCUT2D eigenvalue weighted by Gasteiger charge is 2.34. The largest absolute Gasteiger partial charge is 0.473 e. The fraction of sp³-hybridized carbons (Fsp3) is 0.583. The average Bonchev–Trinajstić information content (AvgIpc) is 3.85. The molecule has 2 saturated heterocycles. The van der Waals surface area contributed by atoms with Crippen molar-refractivity contribution in [1.82, 2.24) is 34.2 Å². The fourth-order valence-electron chi connectivity index (χ4n) is 7.29. The number of nitrogens with zero attached hydrogens (tertiary/aromatic N) is 7. The van der Waals surface area contributed by atoms with Crippen LogP contribution in [0.15, 0.2) is 24.4 Å². The summed E-state index contributed by atoms with van der Waals surface area (Å²) < 4.78 is 31.0. The van der Waals surface area contributed by atoms with Crippen LogP contribution in [0.1, 0.15) is 62.2 Å². The van der Waals surface area contributed by atoms with Crippen molar-refractivity contribution in [3.8, 4) is 22.9 Å². The van der Waals surface area contributed by atoms with Crippen molar-refractivity contribution in [2.45, 2.75) is 96.2 Å². The standard InChI is InChI=1S/C36H51N7O5Si/c1-25-31-9-8-15-41(31)23-33-27(35(39-42(33)16-17-44)47-24-45-19-20-49(3,4)5)12-13-30-28-21-26(29-22-37-40(2)36(29)48-25)11-14-32(28)43(38-30)34-10-6-7-18-46-34/h11-14,21-22,25,31,34,44H,6-10,15-20,23-24H2,1-5H3/b13-12-/t25?,31-,34?/m1/s1. The van der Waals surface area contributed by atoms with E-state index >= 15 is 0 Å². The van der Waals surface area contributed by atoms with Crippen LogP contribution >= 0.6 is 0 Å². The van der Waals surface area contributed by atoms with E-state index in [1.807, 2.05) is 27.3 Å². The van der Waals surface area contributed by atoms with Crippen molar-refractivity contribution in [2.75, 3.05) is 33.2 Å². The highest BCUT2D eigenvalue weighted by Crippen LogP contribution is 2.38. The summed E-state index contributed by atoms with van der Waals surface area (Å²) in [5.41, 5.74) is 5.69. The molecule has 0 aliphatic carbocycles. The van der Waals surface area contributed by atoms with E-state index in [4.69, 9.17) is 29.1 Å². The average molecular weight is 690 g/mol. The van der Waals surface area contributed by atoms with Crippen LogP contribution in [0.4, 0.5) is 0 Å². The van der Waals surface area contributed by atoms with Crippen LogP contribution in [-0.4, -0.2) is 92.7 Å². The quantitative estimate of drug-likeness (QED) is 0.130. The number of aromatic nitrogens is 6. The van der Waals surface area contributed by atoms with E-state index in [0.29, 0.717) is 25.6 Å². The Labute approximate surface area is 289 Å². The van der Waals surface area contributed by atoms with Crippen LogP contribution in [0.5, 0.6) is 11.8 Å². The zero-order chi connectivity index (χ0) is 34.1. The predicted molar refractivity (Wildman–Crippen MR) is 192 cm³/mol. The number of hydrogen-bond donors (Lipinski definition) is 1. The van der Waals surface area contributed by atoms with Gasteiger partial charge in [-0.25, -0.2) is 9.36 Å². The van der Waals surface area contributed by atoms with Gasteiger partial charge in [-0.3, -0.25) is 9.58 Å². The monoisotopic (exact) mass is 689 g/mol. The molecule has 3 aliphatic rings. The van der Waals surface area contributed by atoms with E-state index in [2.05, 4.69) is 66.9 Å². The third-order valence-electron chi connectivity index (χ3n) is 10.0. The molecule has 264 valence electrons. The maximum atomic E-state index is 10.1. The predicted octanol–water partition coefficient (Wildman–Crippen LogP) is 5.93. The fourth-order valence-corrected chi connectivity index (χ4v) is 8.04. The zero-order valence-electron chi connectivity index (χ0n) is 29.6. The molecule has 0 saturated carbocycles. The van der Waals surface area contributed by atoms with Crippen LogP contribution in [0.25, 0.3) is 34.2 Å². The summed E-state index contributed by atoms with van der Waals surface area (Å²) in [7, 11) is 0.704. The summed E-state index contributed by atoms with van der Waals surface area (Å²) in [6.07, 6.45) is 11.0. The Hall–Kier alpha value is -3.49. The molecule has 1 N–H and O–H groups in total. The Bertz CT molecular complexity index is 1780. The van der Waals surface area contributed by atoms with Crippen LogP contribution < -0.4 is 9.47 Å². The summed E-state index contributed by atoms with van der Waals surface area (Å²) in [5, 5.41) is 25.8. The van der Waals surface area contributed by atoms with Crippen LogP contribution in [0, 0.1) is 0 Å². The number of aliphatic hydroxyl groups excluding tert-OH is 1. The lowest BCUT2D eigenvalue weighted by atomic mass is 10.0. The van der Waals surface area contributed by atoms with Crippen LogP contribution in [-0.2, 0) is 29.6 Å². The van der Waals surface area contributed by atoms with E-state index in [-0.39, 0.29) is 31.8 Å². The SMILES string of the molecule is CC1Oc2c(cnn2C)-c2ccc3c(c2)c(nn3C2CCCCO2)/C=C\c2c(OCOCC[Si](C)(C)C)nn(CCO)c2CN2CCC[C@H]12.